The molecule has 2 unspecified atom stereocenters. The second-order valence-electron chi connectivity index (χ2n) is 9.07. The van der Waals surface area contributed by atoms with E-state index in [9.17, 15) is 0 Å². The second-order valence-corrected chi connectivity index (χ2v) is 9.07. The molecule has 0 radical (unpaired) electrons. The molecule has 4 aliphatic rings. The van der Waals surface area contributed by atoms with Gasteiger partial charge in [0.1, 0.15) is 0 Å². The second kappa shape index (κ2) is 15.0. The molecule has 2 atom stereocenters. The molecule has 2 nitrogen and oxygen atoms in total. The van der Waals surface area contributed by atoms with Crippen molar-refractivity contribution in [2.75, 3.05) is 26.4 Å². The third-order valence-corrected chi connectivity index (χ3v) is 5.83. The number of hydrogen-bond acceptors (Lipinski definition) is 2. The summed E-state index contributed by atoms with van der Waals surface area (Å²) < 4.78 is 10.2. The van der Waals surface area contributed by atoms with Crippen LogP contribution in [0.3, 0.4) is 0 Å². The van der Waals surface area contributed by atoms with Crippen LogP contribution in [-0.4, -0.2) is 26.4 Å². The zero-order valence-corrected chi connectivity index (χ0v) is 17.7. The molecule has 0 bridgehead atoms. The van der Waals surface area contributed by atoms with E-state index < -0.39 is 0 Å². The highest BCUT2D eigenvalue weighted by Crippen LogP contribution is 2.24. The molecule has 2 saturated carbocycles. The van der Waals surface area contributed by atoms with Crippen LogP contribution in [0.1, 0.15) is 98.3 Å². The van der Waals surface area contributed by atoms with Gasteiger partial charge in [0.15, 0.2) is 0 Å². The van der Waals surface area contributed by atoms with Gasteiger partial charge in [0.05, 0.1) is 0 Å². The molecule has 25 heavy (non-hydrogen) atoms. The van der Waals surface area contributed by atoms with Gasteiger partial charge in [0.25, 0.3) is 0 Å². The third-order valence-electron chi connectivity index (χ3n) is 5.83. The van der Waals surface area contributed by atoms with E-state index in [0.717, 1.165) is 50.1 Å². The van der Waals surface area contributed by atoms with Crippen molar-refractivity contribution in [2.45, 2.75) is 98.3 Å². The van der Waals surface area contributed by atoms with Crippen LogP contribution >= 0.6 is 0 Å². The lowest BCUT2D eigenvalue weighted by Gasteiger charge is -2.18. The lowest BCUT2D eigenvalue weighted by molar-refractivity contribution is 0.0616. The maximum atomic E-state index is 5.18. The Morgan fingerprint density at radius 3 is 1.12 bits per heavy atom. The summed E-state index contributed by atoms with van der Waals surface area (Å²) in [6.45, 7) is 13.1. The van der Waals surface area contributed by atoms with Crippen molar-refractivity contribution in [3.8, 4) is 0 Å². The largest absolute Gasteiger partial charge is 0.381 e. The Balaban J connectivity index is 0.000000168. The maximum absolute atomic E-state index is 5.18. The lowest BCUT2D eigenvalue weighted by atomic mass is 9.88. The SMILES string of the molecule is CC1CCC1.CC1CCCCC1.CC1CCCOC1.CC1CCOC1. The summed E-state index contributed by atoms with van der Waals surface area (Å²) in [5.41, 5.74) is 0. The Labute approximate surface area is 158 Å². The van der Waals surface area contributed by atoms with E-state index in [-0.39, 0.29) is 0 Å². The highest BCUT2D eigenvalue weighted by atomic mass is 16.5. The van der Waals surface area contributed by atoms with E-state index in [1.165, 1.54) is 70.6 Å². The van der Waals surface area contributed by atoms with Crippen molar-refractivity contribution in [1.82, 2.24) is 0 Å². The van der Waals surface area contributed by atoms with Crippen LogP contribution in [0.4, 0.5) is 0 Å². The van der Waals surface area contributed by atoms with E-state index in [2.05, 4.69) is 27.7 Å². The minimum absolute atomic E-state index is 0.814. The Kier molecular flexibility index (Phi) is 13.8. The standard InChI is InChI=1S/C7H14.C6H12O.C5H10O.C5H10/c1-7-5-3-2-4-6-7;1-6-3-2-4-7-5-6;1-5-2-3-6-4-5;1-5-3-2-4-5/h7H,2-6H2,1H3;6H,2-5H2,1H3;5H,2-4H2,1H3;5H,2-4H2,1H3. The van der Waals surface area contributed by atoms with Crippen molar-refractivity contribution in [1.29, 1.82) is 0 Å². The highest BCUT2D eigenvalue weighted by molar-refractivity contribution is 4.62. The Bertz CT molecular complexity index is 254. The molecule has 2 aliphatic heterocycles. The first-order chi connectivity index (χ1) is 12.1. The molecule has 2 heterocycles. The maximum Gasteiger partial charge on any atom is 0.0492 e. The van der Waals surface area contributed by atoms with Gasteiger partial charge in [-0.2, -0.15) is 0 Å². The van der Waals surface area contributed by atoms with Crippen molar-refractivity contribution in [3.63, 3.8) is 0 Å². The van der Waals surface area contributed by atoms with Crippen LogP contribution in [0.5, 0.6) is 0 Å². The summed E-state index contributed by atoms with van der Waals surface area (Å²) in [6, 6.07) is 0. The van der Waals surface area contributed by atoms with Gasteiger partial charge in [-0.05, 0) is 42.9 Å². The van der Waals surface area contributed by atoms with Crippen LogP contribution in [0, 0.1) is 23.7 Å². The fraction of sp³-hybridized carbons (Fsp3) is 1.00. The fourth-order valence-corrected chi connectivity index (χ4v) is 3.47. The molecule has 4 fully saturated rings. The summed E-state index contributed by atoms with van der Waals surface area (Å²) in [7, 11) is 0. The van der Waals surface area contributed by atoms with E-state index in [1.807, 2.05) is 0 Å². The molecular formula is C23H46O2. The molecule has 150 valence electrons. The average Bonchev–Trinajstić information content (AvgIpc) is 3.07. The zero-order chi connectivity index (χ0) is 18.3. The quantitative estimate of drug-likeness (QED) is 0.472. The first-order valence-corrected chi connectivity index (χ1v) is 11.2. The third kappa shape index (κ3) is 13.7. The molecule has 4 rings (SSSR count). The zero-order valence-electron chi connectivity index (χ0n) is 17.7. The van der Waals surface area contributed by atoms with E-state index in [1.54, 1.807) is 0 Å². The summed E-state index contributed by atoms with van der Waals surface area (Å²) in [6.07, 6.45) is 15.8. The number of rotatable bonds is 0. The Morgan fingerprint density at radius 1 is 0.440 bits per heavy atom. The molecule has 0 aromatic rings. The monoisotopic (exact) mass is 354 g/mol. The van der Waals surface area contributed by atoms with Gasteiger partial charge in [-0.1, -0.05) is 79.1 Å². The summed E-state index contributed by atoms with van der Waals surface area (Å²) in [4.78, 5) is 0. The van der Waals surface area contributed by atoms with Crippen LogP contribution in [0.2, 0.25) is 0 Å². The van der Waals surface area contributed by atoms with Gasteiger partial charge in [-0.3, -0.25) is 0 Å². The van der Waals surface area contributed by atoms with Crippen LogP contribution in [0.25, 0.3) is 0 Å². The average molecular weight is 355 g/mol. The molecular weight excluding hydrogens is 308 g/mol. The molecule has 0 amide bonds. The molecule has 0 aromatic heterocycles. The smallest absolute Gasteiger partial charge is 0.0492 e. The minimum atomic E-state index is 0.814. The first kappa shape index (κ1) is 23.0. The molecule has 0 N–H and O–H groups in total. The molecule has 2 aliphatic carbocycles. The summed E-state index contributed by atoms with van der Waals surface area (Å²) in [5, 5.41) is 0. The molecule has 2 saturated heterocycles. The van der Waals surface area contributed by atoms with Crippen LogP contribution < -0.4 is 0 Å². The van der Waals surface area contributed by atoms with Gasteiger partial charge >= 0.3 is 0 Å². The first-order valence-electron chi connectivity index (χ1n) is 11.2. The predicted octanol–water partition coefficient (Wildman–Crippen LogP) is 6.87. The van der Waals surface area contributed by atoms with E-state index in [0.29, 0.717) is 0 Å². The van der Waals surface area contributed by atoms with Crippen molar-refractivity contribution in [3.05, 3.63) is 0 Å². The molecule has 0 aromatic carbocycles. The van der Waals surface area contributed by atoms with Gasteiger partial charge in [-0.25, -0.2) is 0 Å². The minimum Gasteiger partial charge on any atom is -0.381 e. The normalized spacial score (nSPS) is 29.8. The van der Waals surface area contributed by atoms with Gasteiger partial charge in [0.2, 0.25) is 0 Å². The highest BCUT2D eigenvalue weighted by Gasteiger charge is 2.09. The van der Waals surface area contributed by atoms with E-state index in [4.69, 9.17) is 9.47 Å². The van der Waals surface area contributed by atoms with Crippen LogP contribution in [-0.2, 0) is 9.47 Å². The number of hydrogen-bond donors (Lipinski definition) is 0. The van der Waals surface area contributed by atoms with Crippen molar-refractivity contribution < 1.29 is 9.47 Å². The summed E-state index contributed by atoms with van der Waals surface area (Å²) in [5.74, 6) is 3.74. The number of ether oxygens (including phenoxy) is 2. The van der Waals surface area contributed by atoms with Gasteiger partial charge in [-0.15, -0.1) is 0 Å². The predicted molar refractivity (Wildman–Crippen MR) is 109 cm³/mol. The van der Waals surface area contributed by atoms with E-state index >= 15 is 0 Å². The molecule has 0 spiro atoms. The van der Waals surface area contributed by atoms with Crippen LogP contribution in [0.15, 0.2) is 0 Å². The van der Waals surface area contributed by atoms with Gasteiger partial charge < -0.3 is 9.47 Å². The topological polar surface area (TPSA) is 18.5 Å². The summed E-state index contributed by atoms with van der Waals surface area (Å²) >= 11 is 0. The van der Waals surface area contributed by atoms with Crippen molar-refractivity contribution >= 4 is 0 Å². The Morgan fingerprint density at radius 2 is 0.920 bits per heavy atom. The fourth-order valence-electron chi connectivity index (χ4n) is 3.47. The van der Waals surface area contributed by atoms with Crippen molar-refractivity contribution in [2.24, 2.45) is 23.7 Å². The molecule has 2 heteroatoms. The Hall–Kier alpha value is -0.0800. The lowest BCUT2D eigenvalue weighted by Crippen LogP contribution is -2.13. The van der Waals surface area contributed by atoms with Gasteiger partial charge in [0, 0.05) is 26.4 Å².